The Morgan fingerprint density at radius 2 is 2.29 bits per heavy atom. The van der Waals surface area contributed by atoms with Gasteiger partial charge in [-0.25, -0.2) is 4.98 Å². The normalized spacial score (nSPS) is 10.3. The number of ether oxygens (including phenoxy) is 1. The highest BCUT2D eigenvalue weighted by Gasteiger charge is 2.04. The molecule has 96 valence electrons. The minimum atomic E-state index is -0.0225. The van der Waals surface area contributed by atoms with Crippen molar-refractivity contribution in [3.05, 3.63) is 11.9 Å². The maximum Gasteiger partial charge on any atom is 0.216 e. The first-order valence-corrected chi connectivity index (χ1v) is 5.64. The minimum absolute atomic E-state index is 0.0225. The van der Waals surface area contributed by atoms with Gasteiger partial charge >= 0.3 is 0 Å². The summed E-state index contributed by atoms with van der Waals surface area (Å²) in [6.07, 6.45) is 1.97. The van der Waals surface area contributed by atoms with Crippen molar-refractivity contribution >= 4 is 11.9 Å². The Morgan fingerprint density at radius 1 is 1.53 bits per heavy atom. The van der Waals surface area contributed by atoms with Gasteiger partial charge < -0.3 is 19.9 Å². The fraction of sp³-hybridized carbons (Fsp3) is 0.636. The van der Waals surface area contributed by atoms with E-state index in [1.165, 1.54) is 6.92 Å². The zero-order valence-corrected chi connectivity index (χ0v) is 10.6. The molecule has 0 aromatic carbocycles. The molecule has 1 heterocycles. The van der Waals surface area contributed by atoms with Gasteiger partial charge in [0.25, 0.3) is 0 Å². The molecule has 17 heavy (non-hydrogen) atoms. The number of nitrogens with one attached hydrogen (secondary N) is 2. The molecule has 0 bridgehead atoms. The number of hydrogen-bond donors (Lipinski definition) is 2. The van der Waals surface area contributed by atoms with Crippen LogP contribution >= 0.6 is 0 Å². The second kappa shape index (κ2) is 6.90. The Bertz CT molecular complexity index is 362. The molecule has 1 amide bonds. The predicted octanol–water partition coefficient (Wildman–Crippen LogP) is 0.386. The average molecular weight is 240 g/mol. The number of methoxy groups -OCH3 is 1. The quantitative estimate of drug-likeness (QED) is 0.676. The maximum absolute atomic E-state index is 10.7. The lowest BCUT2D eigenvalue weighted by atomic mass is 10.5. The number of carbonyl (C=O) groups excluding carboxylic acids is 1. The largest absolute Gasteiger partial charge is 0.383 e. The molecule has 6 heteroatoms. The predicted molar refractivity (Wildman–Crippen MR) is 66.0 cm³/mol. The zero-order chi connectivity index (χ0) is 12.7. The van der Waals surface area contributed by atoms with E-state index in [1.54, 1.807) is 7.11 Å². The van der Waals surface area contributed by atoms with Gasteiger partial charge in [-0.05, 0) is 6.92 Å². The number of rotatable bonds is 7. The summed E-state index contributed by atoms with van der Waals surface area (Å²) in [7, 11) is 1.67. The summed E-state index contributed by atoms with van der Waals surface area (Å²) in [5, 5.41) is 5.90. The van der Waals surface area contributed by atoms with E-state index >= 15 is 0 Å². The monoisotopic (exact) mass is 240 g/mol. The highest BCUT2D eigenvalue weighted by atomic mass is 16.5. The van der Waals surface area contributed by atoms with Crippen molar-refractivity contribution in [1.29, 1.82) is 0 Å². The van der Waals surface area contributed by atoms with E-state index in [0.29, 0.717) is 19.7 Å². The molecule has 0 unspecified atom stereocenters. The van der Waals surface area contributed by atoms with Crippen molar-refractivity contribution in [2.24, 2.45) is 0 Å². The molecular formula is C11H20N4O2. The molecule has 0 aliphatic heterocycles. The number of imidazole rings is 1. The molecular weight excluding hydrogens is 220 g/mol. The maximum atomic E-state index is 10.7. The van der Waals surface area contributed by atoms with E-state index in [2.05, 4.69) is 15.6 Å². The summed E-state index contributed by atoms with van der Waals surface area (Å²) in [5.41, 5.74) is 0.961. The van der Waals surface area contributed by atoms with Crippen LogP contribution in [0.1, 0.15) is 12.6 Å². The Hall–Kier alpha value is -1.56. The summed E-state index contributed by atoms with van der Waals surface area (Å²) in [6, 6.07) is 0. The summed E-state index contributed by atoms with van der Waals surface area (Å²) in [4.78, 5) is 15.1. The number of anilines is 1. The molecule has 6 nitrogen and oxygen atoms in total. The van der Waals surface area contributed by atoms with E-state index in [1.807, 2.05) is 17.7 Å². The van der Waals surface area contributed by atoms with E-state index < -0.39 is 0 Å². The van der Waals surface area contributed by atoms with Gasteiger partial charge in [0, 0.05) is 39.9 Å². The molecule has 0 spiro atoms. The highest BCUT2D eigenvalue weighted by Crippen LogP contribution is 2.07. The molecule has 0 saturated heterocycles. The third kappa shape index (κ3) is 4.86. The van der Waals surface area contributed by atoms with E-state index in [4.69, 9.17) is 4.74 Å². The molecule has 1 rings (SSSR count). The summed E-state index contributed by atoms with van der Waals surface area (Å²) in [6.45, 7) is 6.11. The molecule has 2 N–H and O–H groups in total. The van der Waals surface area contributed by atoms with Crippen LogP contribution in [0.4, 0.5) is 5.95 Å². The molecule has 1 aromatic rings. The molecule has 1 aromatic heterocycles. The van der Waals surface area contributed by atoms with Crippen molar-refractivity contribution in [3.8, 4) is 0 Å². The molecule has 0 atom stereocenters. The van der Waals surface area contributed by atoms with Crippen LogP contribution in [0.3, 0.4) is 0 Å². The number of nitrogens with zero attached hydrogens (tertiary/aromatic N) is 2. The van der Waals surface area contributed by atoms with Crippen LogP contribution in [0, 0.1) is 6.92 Å². The second-order valence-corrected chi connectivity index (χ2v) is 3.80. The highest BCUT2D eigenvalue weighted by molar-refractivity contribution is 5.72. The summed E-state index contributed by atoms with van der Waals surface area (Å²) < 4.78 is 7.04. The first-order valence-electron chi connectivity index (χ1n) is 5.64. The number of aromatic nitrogens is 2. The van der Waals surface area contributed by atoms with Gasteiger partial charge in [0.2, 0.25) is 11.9 Å². The van der Waals surface area contributed by atoms with Crippen LogP contribution in [0.5, 0.6) is 0 Å². The summed E-state index contributed by atoms with van der Waals surface area (Å²) >= 11 is 0. The first kappa shape index (κ1) is 13.5. The van der Waals surface area contributed by atoms with Gasteiger partial charge in [0.05, 0.1) is 12.3 Å². The van der Waals surface area contributed by atoms with Gasteiger partial charge in [-0.2, -0.15) is 0 Å². The number of aryl methyl sites for hydroxylation is 1. The van der Waals surface area contributed by atoms with Gasteiger partial charge in [-0.3, -0.25) is 4.79 Å². The van der Waals surface area contributed by atoms with Gasteiger partial charge in [-0.1, -0.05) is 0 Å². The Kier molecular flexibility index (Phi) is 5.48. The van der Waals surface area contributed by atoms with Crippen LogP contribution in [0.25, 0.3) is 0 Å². The van der Waals surface area contributed by atoms with Gasteiger partial charge in [0.15, 0.2) is 0 Å². The summed E-state index contributed by atoms with van der Waals surface area (Å²) in [5.74, 6) is 0.788. The Balaban J connectivity index is 2.42. The van der Waals surface area contributed by atoms with E-state index in [-0.39, 0.29) is 5.91 Å². The lowest BCUT2D eigenvalue weighted by Crippen LogP contribution is -2.27. The third-order valence-electron chi connectivity index (χ3n) is 2.22. The van der Waals surface area contributed by atoms with Crippen LogP contribution in [-0.2, 0) is 16.1 Å². The van der Waals surface area contributed by atoms with Crippen molar-refractivity contribution in [3.63, 3.8) is 0 Å². The van der Waals surface area contributed by atoms with Crippen molar-refractivity contribution in [2.45, 2.75) is 20.4 Å². The fourth-order valence-electron chi connectivity index (χ4n) is 1.46. The van der Waals surface area contributed by atoms with Crippen molar-refractivity contribution in [2.75, 3.05) is 32.1 Å². The zero-order valence-electron chi connectivity index (χ0n) is 10.6. The van der Waals surface area contributed by atoms with Crippen molar-refractivity contribution in [1.82, 2.24) is 14.9 Å². The standard InChI is InChI=1S/C11H20N4O2/c1-9-8-15(6-7-17-3)11(14-9)13-5-4-12-10(2)16/h8H,4-7H2,1-3H3,(H,12,16)(H,13,14). The van der Waals surface area contributed by atoms with Crippen LogP contribution in [0.15, 0.2) is 6.20 Å². The second-order valence-electron chi connectivity index (χ2n) is 3.80. The van der Waals surface area contributed by atoms with E-state index in [0.717, 1.165) is 18.2 Å². The van der Waals surface area contributed by atoms with Crippen LogP contribution in [0.2, 0.25) is 0 Å². The van der Waals surface area contributed by atoms with E-state index in [9.17, 15) is 4.79 Å². The Labute approximate surface area is 101 Å². The molecule has 0 radical (unpaired) electrons. The Morgan fingerprint density at radius 3 is 2.94 bits per heavy atom. The van der Waals surface area contributed by atoms with Crippen LogP contribution < -0.4 is 10.6 Å². The molecule has 0 aliphatic carbocycles. The topological polar surface area (TPSA) is 68.2 Å². The number of amides is 1. The number of carbonyl (C=O) groups is 1. The van der Waals surface area contributed by atoms with Crippen molar-refractivity contribution < 1.29 is 9.53 Å². The average Bonchev–Trinajstić information content (AvgIpc) is 2.62. The number of hydrogen-bond acceptors (Lipinski definition) is 4. The third-order valence-corrected chi connectivity index (χ3v) is 2.22. The molecule has 0 fully saturated rings. The smallest absolute Gasteiger partial charge is 0.216 e. The minimum Gasteiger partial charge on any atom is -0.383 e. The first-order chi connectivity index (χ1) is 8.13. The SMILES string of the molecule is COCCn1cc(C)nc1NCCNC(C)=O. The van der Waals surface area contributed by atoms with Gasteiger partial charge in [0.1, 0.15) is 0 Å². The fourth-order valence-corrected chi connectivity index (χ4v) is 1.46. The molecule has 0 aliphatic rings. The lowest BCUT2D eigenvalue weighted by Gasteiger charge is -2.09. The van der Waals surface area contributed by atoms with Gasteiger partial charge in [-0.15, -0.1) is 0 Å². The molecule has 0 saturated carbocycles. The lowest BCUT2D eigenvalue weighted by molar-refractivity contribution is -0.118. The van der Waals surface area contributed by atoms with Crippen LogP contribution in [-0.4, -0.2) is 42.3 Å².